The van der Waals surface area contributed by atoms with E-state index in [0.717, 1.165) is 32.1 Å². The van der Waals surface area contributed by atoms with Crippen molar-refractivity contribution in [2.75, 3.05) is 21.3 Å². The molecule has 1 heterocycles. The first-order chi connectivity index (χ1) is 13.1. The number of ether oxygens (including phenoxy) is 3. The van der Waals surface area contributed by atoms with Gasteiger partial charge in [0.1, 0.15) is 5.75 Å². The summed E-state index contributed by atoms with van der Waals surface area (Å²) in [6.07, 6.45) is 0.120. The number of carbonyl (C=O) groups excluding carboxylic acids is 2. The van der Waals surface area contributed by atoms with Gasteiger partial charge < -0.3 is 14.2 Å². The van der Waals surface area contributed by atoms with E-state index in [1.807, 2.05) is 42.5 Å². The molecular weight excluding hydrogens is 364 g/mol. The first kappa shape index (κ1) is 19.0. The lowest BCUT2D eigenvalue weighted by Crippen LogP contribution is -2.07. The Morgan fingerprint density at radius 3 is 2.04 bits per heavy atom. The summed E-state index contributed by atoms with van der Waals surface area (Å²) in [7, 11) is 4.31. The van der Waals surface area contributed by atoms with Crippen molar-refractivity contribution < 1.29 is 23.8 Å². The largest absolute Gasteiger partial charge is 0.497 e. The minimum absolute atomic E-state index is 0.0535. The molecule has 2 aromatic rings. The van der Waals surface area contributed by atoms with E-state index >= 15 is 0 Å². The molecule has 0 N–H and O–H groups in total. The summed E-state index contributed by atoms with van der Waals surface area (Å²) in [5.74, 6) is -0.0517. The second-order valence-electron chi connectivity index (χ2n) is 5.92. The highest BCUT2D eigenvalue weighted by Gasteiger charge is 2.26. The molecule has 0 radical (unpaired) electrons. The van der Waals surface area contributed by atoms with Crippen LogP contribution >= 0.6 is 11.8 Å². The van der Waals surface area contributed by atoms with Crippen molar-refractivity contribution in [3.63, 3.8) is 0 Å². The summed E-state index contributed by atoms with van der Waals surface area (Å²) in [6.45, 7) is 0. The zero-order valence-corrected chi connectivity index (χ0v) is 16.2. The van der Waals surface area contributed by atoms with Crippen LogP contribution in [0.4, 0.5) is 0 Å². The molecule has 1 aliphatic heterocycles. The first-order valence-electron chi connectivity index (χ1n) is 8.38. The van der Waals surface area contributed by atoms with Gasteiger partial charge in [-0.1, -0.05) is 30.0 Å². The van der Waals surface area contributed by atoms with Crippen molar-refractivity contribution in [2.45, 2.75) is 22.6 Å². The Kier molecular flexibility index (Phi) is 5.86. The maximum Gasteiger partial charge on any atom is 0.310 e. The monoisotopic (exact) mass is 384 g/mol. The van der Waals surface area contributed by atoms with Crippen LogP contribution < -0.4 is 4.74 Å². The Morgan fingerprint density at radius 1 is 0.815 bits per heavy atom. The normalized spacial score (nSPS) is 12.6. The topological polar surface area (TPSA) is 61.8 Å². The molecule has 0 aromatic heterocycles. The Hall–Kier alpha value is -2.73. The van der Waals surface area contributed by atoms with E-state index in [9.17, 15) is 9.59 Å². The molecule has 27 heavy (non-hydrogen) atoms. The Labute approximate surface area is 162 Å². The lowest BCUT2D eigenvalue weighted by atomic mass is 9.90. The summed E-state index contributed by atoms with van der Waals surface area (Å²) in [5, 5.41) is 0. The Morgan fingerprint density at radius 2 is 1.41 bits per heavy atom. The molecular formula is C21H20O5S. The maximum absolute atomic E-state index is 12.2. The molecule has 0 atom stereocenters. The molecule has 1 aliphatic rings. The van der Waals surface area contributed by atoms with Gasteiger partial charge in [-0.2, -0.15) is 0 Å². The summed E-state index contributed by atoms with van der Waals surface area (Å²) < 4.78 is 15.2. The molecule has 0 saturated heterocycles. The highest BCUT2D eigenvalue weighted by Crippen LogP contribution is 2.47. The molecule has 0 bridgehead atoms. The van der Waals surface area contributed by atoms with Crippen LogP contribution in [0.1, 0.15) is 24.0 Å². The molecule has 5 nitrogen and oxygen atoms in total. The number of rotatable bonds is 5. The van der Waals surface area contributed by atoms with Gasteiger partial charge in [0, 0.05) is 9.79 Å². The highest BCUT2D eigenvalue weighted by atomic mass is 32.2. The van der Waals surface area contributed by atoms with Crippen LogP contribution in [0, 0.1) is 0 Å². The van der Waals surface area contributed by atoms with Crippen LogP contribution in [-0.4, -0.2) is 33.3 Å². The van der Waals surface area contributed by atoms with Crippen LogP contribution in [0.2, 0.25) is 0 Å². The highest BCUT2D eigenvalue weighted by molar-refractivity contribution is 7.99. The summed E-state index contributed by atoms with van der Waals surface area (Å²) >= 11 is 1.60. The molecule has 0 unspecified atom stereocenters. The average Bonchev–Trinajstić information content (AvgIpc) is 2.82. The van der Waals surface area contributed by atoms with Gasteiger partial charge in [0.15, 0.2) is 0 Å². The molecule has 0 aliphatic carbocycles. The molecule has 0 spiro atoms. The third kappa shape index (κ3) is 4.01. The van der Waals surface area contributed by atoms with E-state index in [0.29, 0.717) is 5.75 Å². The third-order valence-corrected chi connectivity index (χ3v) is 5.56. The van der Waals surface area contributed by atoms with Crippen molar-refractivity contribution in [2.24, 2.45) is 0 Å². The minimum Gasteiger partial charge on any atom is -0.497 e. The van der Waals surface area contributed by atoms with E-state index in [4.69, 9.17) is 14.2 Å². The summed E-state index contributed by atoms with van der Waals surface area (Å²) in [6, 6.07) is 13.6. The lowest BCUT2D eigenvalue weighted by molar-refractivity contribution is -0.140. The molecule has 0 saturated carbocycles. The lowest BCUT2D eigenvalue weighted by Gasteiger charge is -2.15. The average molecular weight is 384 g/mol. The SMILES string of the molecule is COC(=O)CC1=C(CC(=O)OC)c2cc(OC)ccc2Sc2ccccc21. The number of fused-ring (bicyclic) bond motifs is 2. The van der Waals surface area contributed by atoms with E-state index in [1.165, 1.54) is 14.2 Å². The van der Waals surface area contributed by atoms with Crippen LogP contribution in [0.5, 0.6) is 5.75 Å². The Balaban J connectivity index is 2.30. The minimum atomic E-state index is -0.370. The zero-order valence-electron chi connectivity index (χ0n) is 15.4. The number of hydrogen-bond acceptors (Lipinski definition) is 6. The molecule has 0 fully saturated rings. The van der Waals surface area contributed by atoms with Crippen molar-refractivity contribution in [1.29, 1.82) is 0 Å². The smallest absolute Gasteiger partial charge is 0.310 e. The second-order valence-corrected chi connectivity index (χ2v) is 7.01. The fourth-order valence-corrected chi connectivity index (χ4v) is 4.16. The van der Waals surface area contributed by atoms with Crippen LogP contribution in [0.25, 0.3) is 11.1 Å². The van der Waals surface area contributed by atoms with E-state index < -0.39 is 0 Å². The summed E-state index contributed by atoms with van der Waals surface area (Å²) in [4.78, 5) is 26.3. The van der Waals surface area contributed by atoms with Gasteiger partial charge in [0.05, 0.1) is 34.2 Å². The fourth-order valence-electron chi connectivity index (χ4n) is 3.05. The van der Waals surface area contributed by atoms with Crippen LogP contribution in [-0.2, 0) is 19.1 Å². The number of esters is 2. The van der Waals surface area contributed by atoms with E-state index in [2.05, 4.69) is 0 Å². The van der Waals surface area contributed by atoms with Gasteiger partial charge in [0.25, 0.3) is 0 Å². The fraction of sp³-hybridized carbons (Fsp3) is 0.238. The van der Waals surface area contributed by atoms with Gasteiger partial charge in [-0.05, 0) is 46.5 Å². The number of benzene rings is 2. The number of methoxy groups -OCH3 is 3. The van der Waals surface area contributed by atoms with E-state index in [1.54, 1.807) is 18.9 Å². The van der Waals surface area contributed by atoms with E-state index in [-0.39, 0.29) is 24.8 Å². The predicted molar refractivity (Wildman–Crippen MR) is 104 cm³/mol. The first-order valence-corrected chi connectivity index (χ1v) is 9.20. The summed E-state index contributed by atoms with van der Waals surface area (Å²) in [5.41, 5.74) is 3.29. The van der Waals surface area contributed by atoms with Gasteiger partial charge in [-0.3, -0.25) is 9.59 Å². The van der Waals surface area contributed by atoms with Crippen LogP contribution in [0.3, 0.4) is 0 Å². The number of carbonyl (C=O) groups is 2. The molecule has 140 valence electrons. The van der Waals surface area contributed by atoms with Gasteiger partial charge in [0.2, 0.25) is 0 Å². The molecule has 2 aromatic carbocycles. The van der Waals surface area contributed by atoms with Gasteiger partial charge >= 0.3 is 11.9 Å². The number of hydrogen-bond donors (Lipinski definition) is 0. The van der Waals surface area contributed by atoms with Crippen molar-refractivity contribution in [1.82, 2.24) is 0 Å². The third-order valence-electron chi connectivity index (χ3n) is 4.41. The molecule has 0 amide bonds. The van der Waals surface area contributed by atoms with Crippen LogP contribution in [0.15, 0.2) is 52.3 Å². The molecule has 3 rings (SSSR count). The molecule has 6 heteroatoms. The standard InChI is InChI=1S/C21H20O5S/c1-24-13-8-9-19-17(10-13)16(12-21(23)26-3)15(11-20(22)25-2)14-6-4-5-7-18(14)27-19/h4-10H,11-12H2,1-3H3. The van der Waals surface area contributed by atoms with Gasteiger partial charge in [-0.25, -0.2) is 0 Å². The van der Waals surface area contributed by atoms with Crippen molar-refractivity contribution in [3.8, 4) is 5.75 Å². The second kappa shape index (κ2) is 8.31. The van der Waals surface area contributed by atoms with Crippen molar-refractivity contribution >= 4 is 34.8 Å². The maximum atomic E-state index is 12.2. The quantitative estimate of drug-likeness (QED) is 0.720. The Bertz CT molecular complexity index is 917. The zero-order chi connectivity index (χ0) is 19.4. The van der Waals surface area contributed by atoms with Gasteiger partial charge in [-0.15, -0.1) is 0 Å². The predicted octanol–water partition coefficient (Wildman–Crippen LogP) is 4.20. The van der Waals surface area contributed by atoms with Crippen molar-refractivity contribution in [3.05, 3.63) is 53.6 Å².